The zero-order valence-corrected chi connectivity index (χ0v) is 15.0. The molecule has 1 saturated heterocycles. The third kappa shape index (κ3) is 4.04. The zero-order chi connectivity index (χ0) is 18.5. The van der Waals surface area contributed by atoms with Gasteiger partial charge in [-0.1, -0.05) is 12.1 Å². The maximum absolute atomic E-state index is 13.7. The maximum Gasteiger partial charge on any atom is 0.289 e. The molecule has 6 nitrogen and oxygen atoms in total. The van der Waals surface area contributed by atoms with Crippen molar-refractivity contribution in [1.82, 2.24) is 15.1 Å². The first-order chi connectivity index (χ1) is 12.6. The number of aliphatic imine (C=N–C) groups is 1. The molecule has 2 aromatic rings. The molecular formula is C19H23FN4O2. The van der Waals surface area contributed by atoms with Gasteiger partial charge in [0, 0.05) is 39.8 Å². The molecule has 1 amide bonds. The summed E-state index contributed by atoms with van der Waals surface area (Å²) in [4.78, 5) is 20.5. The number of carbonyl (C=O) groups is 1. The van der Waals surface area contributed by atoms with Crippen molar-refractivity contribution < 1.29 is 13.6 Å². The molecule has 3 rings (SSSR count). The van der Waals surface area contributed by atoms with E-state index in [-0.39, 0.29) is 11.7 Å². The Labute approximate surface area is 152 Å². The molecular weight excluding hydrogens is 335 g/mol. The molecule has 1 N–H and O–H groups in total. The number of halogens is 1. The van der Waals surface area contributed by atoms with E-state index in [9.17, 15) is 9.18 Å². The van der Waals surface area contributed by atoms with Gasteiger partial charge in [-0.15, -0.1) is 0 Å². The first kappa shape index (κ1) is 18.0. The molecule has 1 fully saturated rings. The Morgan fingerprint density at radius 3 is 2.58 bits per heavy atom. The van der Waals surface area contributed by atoms with Gasteiger partial charge in [0.05, 0.1) is 6.26 Å². The Bertz CT molecular complexity index is 781. The molecule has 1 aliphatic heterocycles. The van der Waals surface area contributed by atoms with Crippen LogP contribution in [0.1, 0.15) is 21.7 Å². The van der Waals surface area contributed by atoms with Crippen LogP contribution in [0.15, 0.2) is 46.0 Å². The van der Waals surface area contributed by atoms with Crippen molar-refractivity contribution in [2.24, 2.45) is 4.99 Å². The van der Waals surface area contributed by atoms with Crippen molar-refractivity contribution in [2.75, 3.05) is 33.2 Å². The average Bonchev–Trinajstić information content (AvgIpc) is 3.20. The summed E-state index contributed by atoms with van der Waals surface area (Å²) in [6.07, 6.45) is 1.50. The van der Waals surface area contributed by atoms with E-state index in [0.717, 1.165) is 11.5 Å². The summed E-state index contributed by atoms with van der Waals surface area (Å²) in [5.74, 6) is 0.815. The molecule has 138 valence electrons. The van der Waals surface area contributed by atoms with Gasteiger partial charge in [-0.2, -0.15) is 0 Å². The molecule has 0 atom stereocenters. The third-order valence-corrected chi connectivity index (χ3v) is 4.50. The first-order valence-corrected chi connectivity index (χ1v) is 8.62. The molecule has 0 saturated carbocycles. The molecule has 26 heavy (non-hydrogen) atoms. The third-order valence-electron chi connectivity index (χ3n) is 4.50. The van der Waals surface area contributed by atoms with Crippen LogP contribution in [0.25, 0.3) is 0 Å². The molecule has 1 aromatic heterocycles. The predicted molar refractivity (Wildman–Crippen MR) is 97.5 cm³/mol. The fourth-order valence-electron chi connectivity index (χ4n) is 2.94. The largest absolute Gasteiger partial charge is 0.459 e. The van der Waals surface area contributed by atoms with E-state index in [0.29, 0.717) is 44.0 Å². The fraction of sp³-hybridized carbons (Fsp3) is 0.368. The number of carbonyl (C=O) groups excluding carboxylic acids is 1. The van der Waals surface area contributed by atoms with Crippen LogP contribution in [-0.2, 0) is 6.54 Å². The highest BCUT2D eigenvalue weighted by molar-refractivity contribution is 5.91. The minimum atomic E-state index is -0.204. The van der Waals surface area contributed by atoms with Crippen LogP contribution < -0.4 is 5.32 Å². The number of hydrogen-bond donors (Lipinski definition) is 1. The van der Waals surface area contributed by atoms with Gasteiger partial charge >= 0.3 is 0 Å². The smallest absolute Gasteiger partial charge is 0.289 e. The molecule has 0 bridgehead atoms. The fourth-order valence-corrected chi connectivity index (χ4v) is 2.94. The molecule has 0 spiro atoms. The minimum Gasteiger partial charge on any atom is -0.459 e. The van der Waals surface area contributed by atoms with Crippen LogP contribution in [0.3, 0.4) is 0 Å². The zero-order valence-electron chi connectivity index (χ0n) is 15.0. The van der Waals surface area contributed by atoms with E-state index in [2.05, 4.69) is 15.2 Å². The highest BCUT2D eigenvalue weighted by atomic mass is 19.1. The van der Waals surface area contributed by atoms with Crippen molar-refractivity contribution in [3.8, 4) is 0 Å². The van der Waals surface area contributed by atoms with Gasteiger partial charge in [0.2, 0.25) is 0 Å². The summed E-state index contributed by atoms with van der Waals surface area (Å²) in [6, 6.07) is 8.60. The normalized spacial score (nSPS) is 15.3. The lowest BCUT2D eigenvalue weighted by Gasteiger charge is -2.36. The van der Waals surface area contributed by atoms with E-state index in [4.69, 9.17) is 4.42 Å². The summed E-state index contributed by atoms with van der Waals surface area (Å²) < 4.78 is 18.8. The number of benzene rings is 1. The molecule has 0 aliphatic carbocycles. The standard InChI is InChI=1S/C19H23FN4O2/c1-14-5-6-15(12-16(14)20)13-22-19(21-2)24-9-7-23(8-10-24)18(25)17-4-3-11-26-17/h3-6,11-12H,7-10,13H2,1-2H3,(H,21,22). The van der Waals surface area contributed by atoms with Gasteiger partial charge in [-0.25, -0.2) is 4.39 Å². The quantitative estimate of drug-likeness (QED) is 0.675. The lowest BCUT2D eigenvalue weighted by Crippen LogP contribution is -2.53. The van der Waals surface area contributed by atoms with E-state index < -0.39 is 0 Å². The number of nitrogens with zero attached hydrogens (tertiary/aromatic N) is 3. The van der Waals surface area contributed by atoms with Crippen LogP contribution in [0.5, 0.6) is 0 Å². The number of guanidine groups is 1. The van der Waals surface area contributed by atoms with Crippen LogP contribution >= 0.6 is 0 Å². The number of hydrogen-bond acceptors (Lipinski definition) is 3. The van der Waals surface area contributed by atoms with Crippen LogP contribution in [0, 0.1) is 12.7 Å². The summed E-state index contributed by atoms with van der Waals surface area (Å²) in [6.45, 7) is 4.78. The Kier molecular flexibility index (Phi) is 5.55. The Morgan fingerprint density at radius 1 is 1.23 bits per heavy atom. The lowest BCUT2D eigenvalue weighted by molar-refractivity contribution is 0.0657. The Hall–Kier alpha value is -2.83. The van der Waals surface area contributed by atoms with Gasteiger partial charge in [-0.3, -0.25) is 9.79 Å². The first-order valence-electron chi connectivity index (χ1n) is 8.62. The van der Waals surface area contributed by atoms with Crippen molar-refractivity contribution in [1.29, 1.82) is 0 Å². The minimum absolute atomic E-state index is 0.0901. The van der Waals surface area contributed by atoms with Crippen molar-refractivity contribution in [3.63, 3.8) is 0 Å². The summed E-state index contributed by atoms with van der Waals surface area (Å²) in [7, 11) is 1.72. The average molecular weight is 358 g/mol. The van der Waals surface area contributed by atoms with Crippen molar-refractivity contribution in [2.45, 2.75) is 13.5 Å². The van der Waals surface area contributed by atoms with Crippen LogP contribution in [-0.4, -0.2) is 54.9 Å². The van der Waals surface area contributed by atoms with Crippen molar-refractivity contribution >= 4 is 11.9 Å². The highest BCUT2D eigenvalue weighted by Crippen LogP contribution is 2.11. The molecule has 7 heteroatoms. The lowest BCUT2D eigenvalue weighted by atomic mass is 10.1. The van der Waals surface area contributed by atoms with Crippen LogP contribution in [0.2, 0.25) is 0 Å². The molecule has 0 radical (unpaired) electrons. The highest BCUT2D eigenvalue weighted by Gasteiger charge is 2.25. The molecule has 1 aliphatic rings. The number of furan rings is 1. The van der Waals surface area contributed by atoms with Gasteiger partial charge in [0.15, 0.2) is 11.7 Å². The number of aryl methyl sites for hydroxylation is 1. The van der Waals surface area contributed by atoms with Gasteiger partial charge in [0.25, 0.3) is 5.91 Å². The second kappa shape index (κ2) is 8.03. The molecule has 1 aromatic carbocycles. The molecule has 2 heterocycles. The van der Waals surface area contributed by atoms with E-state index in [1.165, 1.54) is 12.3 Å². The summed E-state index contributed by atoms with van der Waals surface area (Å²) in [5, 5.41) is 3.26. The maximum atomic E-state index is 13.7. The second-order valence-corrected chi connectivity index (χ2v) is 6.24. The summed E-state index contributed by atoms with van der Waals surface area (Å²) in [5.41, 5.74) is 1.50. The predicted octanol–water partition coefficient (Wildman–Crippen LogP) is 2.26. The Balaban J connectivity index is 1.53. The SMILES string of the molecule is CN=C(NCc1ccc(C)c(F)c1)N1CCN(C(=O)c2ccco2)CC1. The Morgan fingerprint density at radius 2 is 1.96 bits per heavy atom. The summed E-state index contributed by atoms with van der Waals surface area (Å²) >= 11 is 0. The van der Waals surface area contributed by atoms with E-state index in [1.807, 2.05) is 6.07 Å². The topological polar surface area (TPSA) is 61.1 Å². The number of nitrogens with one attached hydrogen (secondary N) is 1. The van der Waals surface area contributed by atoms with E-state index >= 15 is 0 Å². The van der Waals surface area contributed by atoms with Gasteiger partial charge in [0.1, 0.15) is 5.82 Å². The number of rotatable bonds is 3. The van der Waals surface area contributed by atoms with Gasteiger partial charge < -0.3 is 19.5 Å². The number of piperazine rings is 1. The monoisotopic (exact) mass is 358 g/mol. The van der Waals surface area contributed by atoms with Gasteiger partial charge in [-0.05, 0) is 36.2 Å². The molecule has 0 unspecified atom stereocenters. The number of amides is 1. The second-order valence-electron chi connectivity index (χ2n) is 6.24. The van der Waals surface area contributed by atoms with Crippen molar-refractivity contribution in [3.05, 3.63) is 59.3 Å². The van der Waals surface area contributed by atoms with Crippen LogP contribution in [0.4, 0.5) is 4.39 Å². The van der Waals surface area contributed by atoms with E-state index in [1.54, 1.807) is 37.1 Å².